The zero-order chi connectivity index (χ0) is 19.0. The van der Waals surface area contributed by atoms with Crippen molar-refractivity contribution in [1.29, 1.82) is 0 Å². The van der Waals surface area contributed by atoms with Crippen LogP contribution in [0.15, 0.2) is 60.7 Å². The van der Waals surface area contributed by atoms with Crippen LogP contribution in [-0.4, -0.2) is 31.8 Å². The number of nitrogens with zero attached hydrogens (tertiary/aromatic N) is 1. The number of methoxy groups -OCH3 is 3. The molecule has 1 aromatic heterocycles. The third-order valence-electron chi connectivity index (χ3n) is 4.72. The van der Waals surface area contributed by atoms with Crippen molar-refractivity contribution in [2.24, 2.45) is 0 Å². The molecule has 5 nitrogen and oxygen atoms in total. The number of carbonyl (C=O) groups excluding carboxylic acids is 1. The number of rotatable bonds is 4. The summed E-state index contributed by atoms with van der Waals surface area (Å²) in [4.78, 5) is 13.6. The summed E-state index contributed by atoms with van der Waals surface area (Å²) in [5.74, 6) is 1.06. The van der Waals surface area contributed by atoms with Gasteiger partial charge in [0.15, 0.2) is 11.5 Å². The van der Waals surface area contributed by atoms with E-state index in [2.05, 4.69) is 0 Å². The Balaban J connectivity index is 2.02. The molecule has 0 spiro atoms. The van der Waals surface area contributed by atoms with Crippen LogP contribution in [0.1, 0.15) is 10.4 Å². The maximum Gasteiger partial charge on any atom is 0.266 e. The summed E-state index contributed by atoms with van der Waals surface area (Å²) < 4.78 is 18.0. The minimum Gasteiger partial charge on any atom is -0.493 e. The molecule has 1 heterocycles. The van der Waals surface area contributed by atoms with Gasteiger partial charge in [-0.05, 0) is 24.3 Å². The molecule has 27 heavy (non-hydrogen) atoms. The zero-order valence-electron chi connectivity index (χ0n) is 15.4. The fourth-order valence-electron chi connectivity index (χ4n) is 3.53. The summed E-state index contributed by atoms with van der Waals surface area (Å²) in [6.07, 6.45) is 0. The van der Waals surface area contributed by atoms with Gasteiger partial charge in [0.2, 0.25) is 5.75 Å². The predicted octanol–water partition coefficient (Wildman–Crippen LogP) is 4.51. The van der Waals surface area contributed by atoms with Gasteiger partial charge >= 0.3 is 0 Å². The van der Waals surface area contributed by atoms with Gasteiger partial charge in [-0.25, -0.2) is 0 Å². The molecule has 0 amide bonds. The van der Waals surface area contributed by atoms with Crippen LogP contribution in [0, 0.1) is 0 Å². The largest absolute Gasteiger partial charge is 0.493 e. The quantitative estimate of drug-likeness (QED) is 0.537. The lowest BCUT2D eigenvalue weighted by atomic mass is 10.1. The van der Waals surface area contributed by atoms with Crippen molar-refractivity contribution in [1.82, 2.24) is 4.57 Å². The van der Waals surface area contributed by atoms with E-state index in [1.54, 1.807) is 23.8 Å². The molecule has 0 fully saturated rings. The third kappa shape index (κ3) is 2.51. The minimum absolute atomic E-state index is 0.190. The maximum atomic E-state index is 13.6. The molecular weight excluding hydrogens is 342 g/mol. The molecule has 0 atom stereocenters. The Kier molecular flexibility index (Phi) is 4.20. The molecule has 0 aliphatic heterocycles. The second-order valence-corrected chi connectivity index (χ2v) is 6.06. The molecule has 4 rings (SSSR count). The van der Waals surface area contributed by atoms with Gasteiger partial charge < -0.3 is 14.2 Å². The minimum atomic E-state index is -0.190. The lowest BCUT2D eigenvalue weighted by molar-refractivity contribution is 0.0965. The molecule has 0 N–H and O–H groups in total. The molecule has 136 valence electrons. The average molecular weight is 361 g/mol. The van der Waals surface area contributed by atoms with Gasteiger partial charge in [-0.3, -0.25) is 9.36 Å². The van der Waals surface area contributed by atoms with Crippen LogP contribution in [0.5, 0.6) is 17.2 Å². The van der Waals surface area contributed by atoms with Crippen LogP contribution < -0.4 is 14.2 Å². The van der Waals surface area contributed by atoms with Crippen molar-refractivity contribution in [3.63, 3.8) is 0 Å². The van der Waals surface area contributed by atoms with Crippen molar-refractivity contribution >= 4 is 27.7 Å². The molecule has 5 heteroatoms. The molecule has 0 saturated heterocycles. The van der Waals surface area contributed by atoms with E-state index in [0.29, 0.717) is 22.8 Å². The lowest BCUT2D eigenvalue weighted by Gasteiger charge is -2.16. The normalized spacial score (nSPS) is 10.9. The molecule has 0 saturated carbocycles. The van der Waals surface area contributed by atoms with Crippen LogP contribution in [0.3, 0.4) is 0 Å². The summed E-state index contributed by atoms with van der Waals surface area (Å²) in [7, 11) is 4.58. The first-order chi connectivity index (χ1) is 13.2. The number of para-hydroxylation sites is 2. The highest BCUT2D eigenvalue weighted by atomic mass is 16.5. The van der Waals surface area contributed by atoms with Crippen LogP contribution in [-0.2, 0) is 0 Å². The first kappa shape index (κ1) is 17.0. The topological polar surface area (TPSA) is 49.7 Å². The third-order valence-corrected chi connectivity index (χ3v) is 4.72. The van der Waals surface area contributed by atoms with Crippen LogP contribution in [0.25, 0.3) is 21.8 Å². The Labute approximate surface area is 156 Å². The fraction of sp³-hybridized carbons (Fsp3) is 0.136. The van der Waals surface area contributed by atoms with Gasteiger partial charge in [-0.2, -0.15) is 0 Å². The average Bonchev–Trinajstić information content (AvgIpc) is 3.06. The van der Waals surface area contributed by atoms with E-state index in [1.165, 1.54) is 14.2 Å². The first-order valence-corrected chi connectivity index (χ1v) is 8.53. The Morgan fingerprint density at radius 3 is 1.78 bits per heavy atom. The molecule has 0 unspecified atom stereocenters. The van der Waals surface area contributed by atoms with Gasteiger partial charge in [0, 0.05) is 10.8 Å². The van der Waals surface area contributed by atoms with E-state index < -0.39 is 0 Å². The van der Waals surface area contributed by atoms with E-state index in [4.69, 9.17) is 14.2 Å². The highest BCUT2D eigenvalue weighted by Crippen LogP contribution is 2.41. The fourth-order valence-corrected chi connectivity index (χ4v) is 3.53. The maximum absolute atomic E-state index is 13.6. The summed E-state index contributed by atoms with van der Waals surface area (Å²) in [5, 5.41) is 2.06. The molecule has 4 aromatic rings. The summed E-state index contributed by atoms with van der Waals surface area (Å²) in [6.45, 7) is 0. The Bertz CT molecular complexity index is 1110. The smallest absolute Gasteiger partial charge is 0.266 e. The van der Waals surface area contributed by atoms with Crippen molar-refractivity contribution in [3.05, 3.63) is 66.2 Å². The standard InChI is InChI=1S/C22H19NO4/c1-25-19-13-12-16(20(26-2)21(19)27-3)22(24)23-17-10-6-4-8-14(17)15-9-5-7-11-18(15)23/h4-13H,1-3H3. The summed E-state index contributed by atoms with van der Waals surface area (Å²) >= 11 is 0. The van der Waals surface area contributed by atoms with E-state index in [-0.39, 0.29) is 5.91 Å². The van der Waals surface area contributed by atoms with Crippen molar-refractivity contribution in [2.75, 3.05) is 21.3 Å². The number of hydrogen-bond acceptors (Lipinski definition) is 4. The van der Waals surface area contributed by atoms with Gasteiger partial charge in [0.1, 0.15) is 0 Å². The van der Waals surface area contributed by atoms with E-state index in [9.17, 15) is 4.79 Å². The van der Waals surface area contributed by atoms with Crippen molar-refractivity contribution in [2.45, 2.75) is 0 Å². The van der Waals surface area contributed by atoms with Gasteiger partial charge in [0.05, 0.1) is 37.9 Å². The number of benzene rings is 3. The molecule has 0 radical (unpaired) electrons. The van der Waals surface area contributed by atoms with Gasteiger partial charge in [-0.1, -0.05) is 36.4 Å². The van der Waals surface area contributed by atoms with Crippen molar-refractivity contribution < 1.29 is 19.0 Å². The van der Waals surface area contributed by atoms with E-state index >= 15 is 0 Å². The molecular formula is C22H19NO4. The summed E-state index contributed by atoms with van der Waals surface area (Å²) in [6, 6.07) is 19.1. The Morgan fingerprint density at radius 2 is 1.26 bits per heavy atom. The number of carbonyl (C=O) groups is 1. The van der Waals surface area contributed by atoms with Crippen LogP contribution in [0.2, 0.25) is 0 Å². The second kappa shape index (κ2) is 6.68. The van der Waals surface area contributed by atoms with Gasteiger partial charge in [0.25, 0.3) is 5.91 Å². The van der Waals surface area contributed by atoms with E-state index in [1.807, 2.05) is 48.5 Å². The second-order valence-electron chi connectivity index (χ2n) is 6.06. The monoisotopic (exact) mass is 361 g/mol. The highest BCUT2D eigenvalue weighted by Gasteiger charge is 2.24. The molecule has 0 aliphatic rings. The number of fused-ring (bicyclic) bond motifs is 3. The van der Waals surface area contributed by atoms with E-state index in [0.717, 1.165) is 21.8 Å². The van der Waals surface area contributed by atoms with Crippen molar-refractivity contribution in [3.8, 4) is 17.2 Å². The number of aromatic nitrogens is 1. The molecule has 3 aromatic carbocycles. The molecule has 0 bridgehead atoms. The number of hydrogen-bond donors (Lipinski definition) is 0. The Hall–Kier alpha value is -3.47. The summed E-state index contributed by atoms with van der Waals surface area (Å²) in [5.41, 5.74) is 2.10. The first-order valence-electron chi connectivity index (χ1n) is 8.53. The lowest BCUT2D eigenvalue weighted by Crippen LogP contribution is -2.13. The highest BCUT2D eigenvalue weighted by molar-refractivity contribution is 6.16. The zero-order valence-corrected chi connectivity index (χ0v) is 15.4. The van der Waals surface area contributed by atoms with Crippen LogP contribution in [0.4, 0.5) is 0 Å². The predicted molar refractivity (Wildman–Crippen MR) is 105 cm³/mol. The molecule has 0 aliphatic carbocycles. The SMILES string of the molecule is COc1ccc(C(=O)n2c3ccccc3c3ccccc32)c(OC)c1OC. The van der Waals surface area contributed by atoms with Gasteiger partial charge in [-0.15, -0.1) is 0 Å². The number of ether oxygens (including phenoxy) is 3. The Morgan fingerprint density at radius 1 is 0.704 bits per heavy atom. The van der Waals surface area contributed by atoms with Crippen LogP contribution >= 0.6 is 0 Å².